The van der Waals surface area contributed by atoms with Crippen molar-refractivity contribution in [2.45, 2.75) is 33.6 Å². The molecule has 6 nitrogen and oxygen atoms in total. The molecule has 0 aliphatic carbocycles. The predicted molar refractivity (Wildman–Crippen MR) is 83.5 cm³/mol. The van der Waals surface area contributed by atoms with E-state index in [-0.39, 0.29) is 5.84 Å². The monoisotopic (exact) mass is 303 g/mol. The molecule has 1 heterocycles. The zero-order valence-corrected chi connectivity index (χ0v) is 13.1. The van der Waals surface area contributed by atoms with Gasteiger partial charge in [0.15, 0.2) is 5.84 Å². The molecule has 1 aromatic carbocycles. The first kappa shape index (κ1) is 15.9. The normalized spacial score (nSPS) is 11.7. The molecule has 0 amide bonds. The van der Waals surface area contributed by atoms with Gasteiger partial charge >= 0.3 is 0 Å². The van der Waals surface area contributed by atoms with Gasteiger partial charge in [-0.25, -0.2) is 0 Å². The Morgan fingerprint density at radius 1 is 1.27 bits per heavy atom. The molecule has 1 aromatic heterocycles. The number of amidine groups is 1. The van der Waals surface area contributed by atoms with Gasteiger partial charge in [-0.1, -0.05) is 10.3 Å². The maximum atomic E-state index is 8.74. The number of benzene rings is 1. The van der Waals surface area contributed by atoms with Gasteiger partial charge in [0.1, 0.15) is 11.5 Å². The quantitative estimate of drug-likeness (QED) is 0.281. The van der Waals surface area contributed by atoms with Gasteiger partial charge in [0.25, 0.3) is 0 Å². The molecule has 118 valence electrons. The highest BCUT2D eigenvalue weighted by atomic mass is 16.5. The summed E-state index contributed by atoms with van der Waals surface area (Å²) in [5.41, 5.74) is 9.10. The summed E-state index contributed by atoms with van der Waals surface area (Å²) in [7, 11) is 0. The molecule has 0 radical (unpaired) electrons. The molecule has 0 aliphatic heterocycles. The number of nitrogens with two attached hydrogens (primary N) is 1. The van der Waals surface area contributed by atoms with Gasteiger partial charge < -0.3 is 20.2 Å². The first-order chi connectivity index (χ1) is 10.5. The summed E-state index contributed by atoms with van der Waals surface area (Å²) in [5, 5.41) is 15.6. The first-order valence-electron chi connectivity index (χ1n) is 7.15. The Kier molecular flexibility index (Phi) is 5.04. The van der Waals surface area contributed by atoms with Crippen LogP contribution in [0, 0.1) is 20.8 Å². The minimum atomic E-state index is 0.0958. The van der Waals surface area contributed by atoms with Gasteiger partial charge in [-0.15, -0.1) is 0 Å². The van der Waals surface area contributed by atoms with Crippen LogP contribution >= 0.6 is 0 Å². The van der Waals surface area contributed by atoms with Crippen molar-refractivity contribution in [3.63, 3.8) is 0 Å². The Hall–Kier alpha value is -2.50. The van der Waals surface area contributed by atoms with Gasteiger partial charge in [0.05, 0.1) is 12.3 Å². The van der Waals surface area contributed by atoms with E-state index in [1.807, 2.05) is 39.0 Å². The highest BCUT2D eigenvalue weighted by molar-refractivity contribution is 5.97. The number of aromatic nitrogens is 1. The number of hydrogen-bond acceptors (Lipinski definition) is 5. The maximum Gasteiger partial charge on any atom is 0.170 e. The summed E-state index contributed by atoms with van der Waals surface area (Å²) < 4.78 is 11.0. The van der Waals surface area contributed by atoms with E-state index < -0.39 is 0 Å². The number of rotatable bonds is 6. The third-order valence-corrected chi connectivity index (χ3v) is 3.35. The Morgan fingerprint density at radius 3 is 2.50 bits per heavy atom. The third-order valence-electron chi connectivity index (χ3n) is 3.35. The molecule has 0 saturated heterocycles. The van der Waals surface area contributed by atoms with Crippen LogP contribution in [-0.2, 0) is 6.42 Å². The lowest BCUT2D eigenvalue weighted by Crippen LogP contribution is -2.14. The van der Waals surface area contributed by atoms with Crippen molar-refractivity contribution in [3.8, 4) is 5.75 Å². The van der Waals surface area contributed by atoms with E-state index >= 15 is 0 Å². The first-order valence-corrected chi connectivity index (χ1v) is 7.15. The van der Waals surface area contributed by atoms with Gasteiger partial charge in [-0.05, 0) is 50.5 Å². The van der Waals surface area contributed by atoms with Crippen LogP contribution in [0.5, 0.6) is 5.75 Å². The molecule has 0 atom stereocenters. The van der Waals surface area contributed by atoms with E-state index in [2.05, 4.69) is 10.3 Å². The highest BCUT2D eigenvalue weighted by Crippen LogP contribution is 2.25. The molecule has 0 fully saturated rings. The lowest BCUT2D eigenvalue weighted by Gasteiger charge is -2.13. The third kappa shape index (κ3) is 3.78. The van der Waals surface area contributed by atoms with E-state index in [1.54, 1.807) is 0 Å². The average Bonchev–Trinajstić information content (AvgIpc) is 2.90. The average molecular weight is 303 g/mol. The fourth-order valence-electron chi connectivity index (χ4n) is 2.34. The second-order valence-corrected chi connectivity index (χ2v) is 5.31. The molecule has 2 rings (SSSR count). The number of aryl methyl sites for hydroxylation is 4. The lowest BCUT2D eigenvalue weighted by molar-refractivity contribution is 0.296. The van der Waals surface area contributed by atoms with Crippen LogP contribution in [0.15, 0.2) is 27.9 Å². The highest BCUT2D eigenvalue weighted by Gasteiger charge is 2.09. The largest absolute Gasteiger partial charge is 0.493 e. The molecule has 0 unspecified atom stereocenters. The summed E-state index contributed by atoms with van der Waals surface area (Å²) in [4.78, 5) is 0. The SMILES string of the molecule is Cc1cc(CCCOc2c(C)cc(C(N)=NO)cc2C)on1. The smallest absolute Gasteiger partial charge is 0.170 e. The van der Waals surface area contributed by atoms with Crippen molar-refractivity contribution < 1.29 is 14.5 Å². The topological polar surface area (TPSA) is 93.9 Å². The summed E-state index contributed by atoms with van der Waals surface area (Å²) in [6, 6.07) is 5.62. The molecule has 0 aliphatic rings. The molecule has 0 spiro atoms. The molecule has 22 heavy (non-hydrogen) atoms. The number of nitrogens with zero attached hydrogens (tertiary/aromatic N) is 2. The van der Waals surface area contributed by atoms with Crippen LogP contribution in [0.3, 0.4) is 0 Å². The van der Waals surface area contributed by atoms with Gasteiger partial charge in [0.2, 0.25) is 0 Å². The van der Waals surface area contributed by atoms with E-state index in [1.165, 1.54) is 0 Å². The van der Waals surface area contributed by atoms with Crippen molar-refractivity contribution in [1.29, 1.82) is 0 Å². The molecule has 3 N–H and O–H groups in total. The van der Waals surface area contributed by atoms with E-state index in [4.69, 9.17) is 20.2 Å². The zero-order chi connectivity index (χ0) is 16.1. The Balaban J connectivity index is 1.95. The van der Waals surface area contributed by atoms with Crippen molar-refractivity contribution >= 4 is 5.84 Å². The van der Waals surface area contributed by atoms with Crippen LogP contribution in [-0.4, -0.2) is 22.8 Å². The van der Waals surface area contributed by atoms with Crippen molar-refractivity contribution in [1.82, 2.24) is 5.16 Å². The Bertz CT molecular complexity index is 654. The molecule has 0 saturated carbocycles. The van der Waals surface area contributed by atoms with Crippen LogP contribution in [0.2, 0.25) is 0 Å². The molecule has 6 heteroatoms. The van der Waals surface area contributed by atoms with Crippen LogP contribution < -0.4 is 10.5 Å². The van der Waals surface area contributed by atoms with Crippen LogP contribution in [0.4, 0.5) is 0 Å². The minimum Gasteiger partial charge on any atom is -0.493 e. The summed E-state index contributed by atoms with van der Waals surface area (Å²) >= 11 is 0. The van der Waals surface area contributed by atoms with Gasteiger partial charge in [-0.2, -0.15) is 0 Å². The number of ether oxygens (including phenoxy) is 1. The fraction of sp³-hybridized carbons (Fsp3) is 0.375. The maximum absolute atomic E-state index is 8.74. The van der Waals surface area contributed by atoms with Crippen molar-refractivity contribution in [2.24, 2.45) is 10.9 Å². The minimum absolute atomic E-state index is 0.0958. The summed E-state index contributed by atoms with van der Waals surface area (Å²) in [5.74, 6) is 1.80. The second kappa shape index (κ2) is 6.98. The van der Waals surface area contributed by atoms with Crippen molar-refractivity contribution in [2.75, 3.05) is 6.61 Å². The van der Waals surface area contributed by atoms with E-state index in [0.29, 0.717) is 12.2 Å². The second-order valence-electron chi connectivity index (χ2n) is 5.31. The van der Waals surface area contributed by atoms with Crippen molar-refractivity contribution in [3.05, 3.63) is 46.3 Å². The predicted octanol–water partition coefficient (Wildman–Crippen LogP) is 2.71. The van der Waals surface area contributed by atoms with Gasteiger partial charge in [0, 0.05) is 18.1 Å². The van der Waals surface area contributed by atoms with Gasteiger partial charge in [-0.3, -0.25) is 0 Å². The molecule has 2 aromatic rings. The lowest BCUT2D eigenvalue weighted by atomic mass is 10.1. The summed E-state index contributed by atoms with van der Waals surface area (Å²) in [6.07, 6.45) is 1.64. The van der Waals surface area contributed by atoms with Crippen LogP contribution in [0.1, 0.15) is 34.6 Å². The number of oxime groups is 1. The van der Waals surface area contributed by atoms with E-state index in [0.717, 1.165) is 41.2 Å². The Morgan fingerprint density at radius 2 is 1.95 bits per heavy atom. The summed E-state index contributed by atoms with van der Waals surface area (Å²) in [6.45, 7) is 6.37. The molecular formula is C16H21N3O3. The van der Waals surface area contributed by atoms with E-state index in [9.17, 15) is 0 Å². The molecule has 0 bridgehead atoms. The van der Waals surface area contributed by atoms with Crippen LogP contribution in [0.25, 0.3) is 0 Å². The molecular weight excluding hydrogens is 282 g/mol. The fourth-order valence-corrected chi connectivity index (χ4v) is 2.34. The standard InChI is InChI=1S/C16H21N3O3/c1-10-7-13(16(17)18-20)8-11(2)15(10)21-6-4-5-14-9-12(3)19-22-14/h7-9,20H,4-6H2,1-3H3,(H2,17,18). The zero-order valence-electron chi connectivity index (χ0n) is 13.1. The Labute approximate surface area is 129 Å². The number of hydrogen-bond donors (Lipinski definition) is 2.